The Balaban J connectivity index is 2.23. The van der Waals surface area contributed by atoms with Crippen molar-refractivity contribution in [3.63, 3.8) is 0 Å². The summed E-state index contributed by atoms with van der Waals surface area (Å²) in [4.78, 5) is 16.1. The number of benzene rings is 1. The van der Waals surface area contributed by atoms with E-state index in [-0.39, 0.29) is 11.6 Å². The van der Waals surface area contributed by atoms with Crippen LogP contribution in [0.5, 0.6) is 0 Å². The third kappa shape index (κ3) is 3.01. The quantitative estimate of drug-likeness (QED) is 0.595. The summed E-state index contributed by atoms with van der Waals surface area (Å²) in [7, 11) is 0. The molecule has 0 unspecified atom stereocenters. The van der Waals surface area contributed by atoms with Gasteiger partial charge in [0.15, 0.2) is 0 Å². The maximum Gasteiger partial charge on any atom is 0.274 e. The SMILES string of the molecule is Cc1c(Cl)cccc1NC(=O)c1cc(NN)ccn1. The lowest BCUT2D eigenvalue weighted by Gasteiger charge is -2.09. The first kappa shape index (κ1) is 13.3. The number of carbonyl (C=O) groups excluding carboxylic acids is 1. The van der Waals surface area contributed by atoms with E-state index in [1.54, 1.807) is 30.3 Å². The van der Waals surface area contributed by atoms with Crippen LogP contribution < -0.4 is 16.6 Å². The highest BCUT2D eigenvalue weighted by molar-refractivity contribution is 6.31. The zero-order valence-corrected chi connectivity index (χ0v) is 11.0. The van der Waals surface area contributed by atoms with Crippen molar-refractivity contribution < 1.29 is 4.79 Å². The lowest BCUT2D eigenvalue weighted by Crippen LogP contribution is -2.15. The van der Waals surface area contributed by atoms with E-state index in [2.05, 4.69) is 15.7 Å². The van der Waals surface area contributed by atoms with Gasteiger partial charge in [0.1, 0.15) is 5.69 Å². The molecule has 0 aliphatic rings. The maximum atomic E-state index is 12.1. The fourth-order valence-corrected chi connectivity index (χ4v) is 1.75. The predicted molar refractivity (Wildman–Crippen MR) is 76.2 cm³/mol. The van der Waals surface area contributed by atoms with E-state index in [4.69, 9.17) is 17.4 Å². The van der Waals surface area contributed by atoms with Crippen LogP contribution in [0, 0.1) is 6.92 Å². The van der Waals surface area contributed by atoms with Gasteiger partial charge in [0.25, 0.3) is 5.91 Å². The zero-order valence-electron chi connectivity index (χ0n) is 10.3. The number of hydrazine groups is 1. The molecule has 0 aliphatic heterocycles. The Kier molecular flexibility index (Phi) is 3.99. The highest BCUT2D eigenvalue weighted by Crippen LogP contribution is 2.23. The Labute approximate surface area is 115 Å². The van der Waals surface area contributed by atoms with E-state index in [9.17, 15) is 4.79 Å². The van der Waals surface area contributed by atoms with Crippen LogP contribution in [0.15, 0.2) is 36.5 Å². The molecule has 0 aliphatic carbocycles. The molecule has 0 saturated carbocycles. The van der Waals surface area contributed by atoms with E-state index in [0.717, 1.165) is 5.56 Å². The van der Waals surface area contributed by atoms with Gasteiger partial charge in [-0.1, -0.05) is 17.7 Å². The first-order valence-corrected chi connectivity index (χ1v) is 5.98. The molecule has 1 heterocycles. The van der Waals surface area contributed by atoms with Crippen molar-refractivity contribution in [2.45, 2.75) is 6.92 Å². The van der Waals surface area contributed by atoms with E-state index in [0.29, 0.717) is 16.4 Å². The van der Waals surface area contributed by atoms with E-state index >= 15 is 0 Å². The minimum absolute atomic E-state index is 0.273. The Morgan fingerprint density at radius 1 is 1.37 bits per heavy atom. The molecule has 2 rings (SSSR count). The number of carbonyl (C=O) groups is 1. The third-order valence-corrected chi connectivity index (χ3v) is 3.08. The van der Waals surface area contributed by atoms with Crippen LogP contribution in [0.25, 0.3) is 0 Å². The lowest BCUT2D eigenvalue weighted by molar-refractivity contribution is 0.102. The molecule has 6 heteroatoms. The summed E-state index contributed by atoms with van der Waals surface area (Å²) >= 11 is 6.00. The standard InChI is InChI=1S/C13H13ClN4O/c1-8-10(14)3-2-4-11(8)17-13(19)12-7-9(18-15)5-6-16-12/h2-7H,15H2,1H3,(H,16,18)(H,17,19). The number of nitrogen functional groups attached to an aromatic ring is 1. The molecule has 1 amide bonds. The molecule has 0 fully saturated rings. The highest BCUT2D eigenvalue weighted by atomic mass is 35.5. The Morgan fingerprint density at radius 2 is 2.16 bits per heavy atom. The molecule has 5 nitrogen and oxygen atoms in total. The first-order valence-electron chi connectivity index (χ1n) is 5.61. The van der Waals surface area contributed by atoms with Crippen molar-refractivity contribution in [3.05, 3.63) is 52.8 Å². The van der Waals surface area contributed by atoms with Crippen LogP contribution in [0.4, 0.5) is 11.4 Å². The topological polar surface area (TPSA) is 80.0 Å². The number of pyridine rings is 1. The van der Waals surface area contributed by atoms with E-state index in [1.807, 2.05) is 6.92 Å². The predicted octanol–water partition coefficient (Wildman–Crippen LogP) is 2.58. The van der Waals surface area contributed by atoms with Crippen LogP contribution in [-0.4, -0.2) is 10.9 Å². The van der Waals surface area contributed by atoms with Gasteiger partial charge in [0.2, 0.25) is 0 Å². The largest absolute Gasteiger partial charge is 0.324 e. The maximum absolute atomic E-state index is 12.1. The van der Waals surface area contributed by atoms with E-state index in [1.165, 1.54) is 6.20 Å². The molecule has 1 aromatic heterocycles. The monoisotopic (exact) mass is 276 g/mol. The summed E-state index contributed by atoms with van der Waals surface area (Å²) in [5.74, 6) is 4.97. The fourth-order valence-electron chi connectivity index (χ4n) is 1.57. The van der Waals surface area contributed by atoms with Crippen LogP contribution in [0.2, 0.25) is 5.02 Å². The number of halogens is 1. The van der Waals surface area contributed by atoms with Crippen LogP contribution >= 0.6 is 11.6 Å². The molecule has 0 bridgehead atoms. The average Bonchev–Trinajstić information content (AvgIpc) is 2.44. The third-order valence-electron chi connectivity index (χ3n) is 2.68. The highest BCUT2D eigenvalue weighted by Gasteiger charge is 2.10. The normalized spacial score (nSPS) is 10.1. The molecular formula is C13H13ClN4O. The van der Waals surface area contributed by atoms with Gasteiger partial charge in [0.05, 0.1) is 5.69 Å². The molecule has 4 N–H and O–H groups in total. The van der Waals surface area contributed by atoms with Crippen LogP contribution in [0.3, 0.4) is 0 Å². The molecule has 0 radical (unpaired) electrons. The van der Waals surface area contributed by atoms with Crippen molar-refractivity contribution in [3.8, 4) is 0 Å². The smallest absolute Gasteiger partial charge is 0.274 e. The Bertz CT molecular complexity index is 615. The van der Waals surface area contributed by atoms with Gasteiger partial charge >= 0.3 is 0 Å². The number of nitrogens with two attached hydrogens (primary N) is 1. The summed E-state index contributed by atoms with van der Waals surface area (Å²) in [6.45, 7) is 1.84. The second kappa shape index (κ2) is 5.69. The number of amides is 1. The Hall–Kier alpha value is -2.11. The van der Waals surface area contributed by atoms with Gasteiger partial charge in [-0.25, -0.2) is 0 Å². The molecular weight excluding hydrogens is 264 g/mol. The number of aromatic nitrogens is 1. The lowest BCUT2D eigenvalue weighted by atomic mass is 10.2. The summed E-state index contributed by atoms with van der Waals surface area (Å²) in [5, 5.41) is 3.36. The van der Waals surface area contributed by atoms with Crippen molar-refractivity contribution in [2.24, 2.45) is 5.84 Å². The molecule has 0 saturated heterocycles. The average molecular weight is 277 g/mol. The van der Waals surface area contributed by atoms with Gasteiger partial charge in [-0.15, -0.1) is 0 Å². The van der Waals surface area contributed by atoms with Gasteiger partial charge in [-0.3, -0.25) is 15.6 Å². The molecule has 1 aromatic carbocycles. The second-order valence-electron chi connectivity index (χ2n) is 3.94. The summed E-state index contributed by atoms with van der Waals surface area (Å²) in [6.07, 6.45) is 1.51. The molecule has 0 spiro atoms. The van der Waals surface area contributed by atoms with Gasteiger partial charge < -0.3 is 10.7 Å². The Morgan fingerprint density at radius 3 is 2.89 bits per heavy atom. The van der Waals surface area contributed by atoms with Gasteiger partial charge in [-0.2, -0.15) is 0 Å². The summed E-state index contributed by atoms with van der Waals surface area (Å²) in [6, 6.07) is 8.56. The molecule has 19 heavy (non-hydrogen) atoms. The van der Waals surface area contributed by atoms with Crippen molar-refractivity contribution in [2.75, 3.05) is 10.7 Å². The number of rotatable bonds is 3. The van der Waals surface area contributed by atoms with Crippen molar-refractivity contribution in [1.82, 2.24) is 4.98 Å². The second-order valence-corrected chi connectivity index (χ2v) is 4.35. The van der Waals surface area contributed by atoms with Crippen LogP contribution in [-0.2, 0) is 0 Å². The number of hydrogen-bond donors (Lipinski definition) is 3. The minimum Gasteiger partial charge on any atom is -0.324 e. The molecule has 0 atom stereocenters. The first-order chi connectivity index (χ1) is 9.11. The zero-order chi connectivity index (χ0) is 13.8. The summed E-state index contributed by atoms with van der Waals surface area (Å²) in [5.41, 5.74) is 4.82. The van der Waals surface area contributed by atoms with Crippen LogP contribution in [0.1, 0.15) is 16.1 Å². The van der Waals surface area contributed by atoms with Gasteiger partial charge in [-0.05, 0) is 36.8 Å². The molecule has 98 valence electrons. The van der Waals surface area contributed by atoms with Gasteiger partial charge in [0, 0.05) is 16.9 Å². The van der Waals surface area contributed by atoms with Crippen molar-refractivity contribution >= 4 is 28.9 Å². The molecule has 2 aromatic rings. The number of nitrogens with zero attached hydrogens (tertiary/aromatic N) is 1. The summed E-state index contributed by atoms with van der Waals surface area (Å²) < 4.78 is 0. The fraction of sp³-hybridized carbons (Fsp3) is 0.0769. The minimum atomic E-state index is -0.317. The van der Waals surface area contributed by atoms with E-state index < -0.39 is 0 Å². The van der Waals surface area contributed by atoms with Crippen molar-refractivity contribution in [1.29, 1.82) is 0 Å². The number of anilines is 2. The number of nitrogens with one attached hydrogen (secondary N) is 2. The number of hydrogen-bond acceptors (Lipinski definition) is 4.